The fourth-order valence-corrected chi connectivity index (χ4v) is 4.43. The Labute approximate surface area is 180 Å². The molecule has 2 heterocycles. The zero-order chi connectivity index (χ0) is 21.4. The first-order chi connectivity index (χ1) is 15.1. The summed E-state index contributed by atoms with van der Waals surface area (Å²) >= 11 is 0. The Hall–Kier alpha value is -3.60. The summed E-state index contributed by atoms with van der Waals surface area (Å²) in [5, 5.41) is 3.03. The number of nitrogens with zero attached hydrogens (tertiary/aromatic N) is 1. The molecule has 0 saturated heterocycles. The number of carbonyl (C=O) groups excluding carboxylic acids is 2. The van der Waals surface area contributed by atoms with E-state index in [9.17, 15) is 9.59 Å². The predicted octanol–water partition coefficient (Wildman–Crippen LogP) is 5.04. The van der Waals surface area contributed by atoms with Gasteiger partial charge in [0.05, 0.1) is 12.7 Å². The third-order valence-electron chi connectivity index (χ3n) is 5.91. The Morgan fingerprint density at radius 1 is 1.06 bits per heavy atom. The normalized spacial score (nSPS) is 14.4. The molecule has 0 N–H and O–H groups in total. The number of fused-ring (bicyclic) bond motifs is 4. The maximum Gasteiger partial charge on any atom is 0.311 e. The second kappa shape index (κ2) is 7.91. The summed E-state index contributed by atoms with van der Waals surface area (Å²) in [6, 6.07) is 19.8. The van der Waals surface area contributed by atoms with E-state index in [1.54, 1.807) is 18.1 Å². The number of aryl methyl sites for hydroxylation is 1. The zero-order valence-electron chi connectivity index (χ0n) is 17.3. The van der Waals surface area contributed by atoms with Gasteiger partial charge in [-0.3, -0.25) is 9.59 Å². The zero-order valence-corrected chi connectivity index (χ0v) is 17.3. The third-order valence-corrected chi connectivity index (χ3v) is 5.91. The summed E-state index contributed by atoms with van der Waals surface area (Å²) in [4.78, 5) is 27.4. The lowest BCUT2D eigenvalue weighted by molar-refractivity contribution is -0.153. The minimum absolute atomic E-state index is 0.0508. The van der Waals surface area contributed by atoms with Gasteiger partial charge in [-0.05, 0) is 48.2 Å². The van der Waals surface area contributed by atoms with E-state index >= 15 is 0 Å². The molecule has 0 spiro atoms. The van der Waals surface area contributed by atoms with Crippen LogP contribution in [0.25, 0.3) is 21.7 Å². The van der Waals surface area contributed by atoms with Gasteiger partial charge in [-0.2, -0.15) is 0 Å². The third kappa shape index (κ3) is 3.56. The minimum Gasteiger partial charge on any atom is -0.464 e. The maximum atomic E-state index is 13.0. The molecule has 0 unspecified atom stereocenters. The summed E-state index contributed by atoms with van der Waals surface area (Å²) in [5.74, 6) is -0.634. The molecule has 0 aliphatic carbocycles. The number of anilines is 1. The van der Waals surface area contributed by atoms with E-state index in [1.807, 2.05) is 60.7 Å². The summed E-state index contributed by atoms with van der Waals surface area (Å²) in [6.45, 7) is 2.27. The molecule has 4 aromatic rings. The van der Waals surface area contributed by atoms with Gasteiger partial charge in [-0.15, -0.1) is 0 Å². The summed E-state index contributed by atoms with van der Waals surface area (Å²) in [5.41, 5.74) is 3.56. The Morgan fingerprint density at radius 3 is 2.77 bits per heavy atom. The first kappa shape index (κ1) is 19.4. The molecule has 1 aromatic heterocycles. The predicted molar refractivity (Wildman–Crippen MR) is 120 cm³/mol. The molecule has 0 bridgehead atoms. The highest BCUT2D eigenvalue weighted by Crippen LogP contribution is 2.31. The molecule has 31 heavy (non-hydrogen) atoms. The highest BCUT2D eigenvalue weighted by Gasteiger charge is 2.28. The van der Waals surface area contributed by atoms with Gasteiger partial charge in [0.15, 0.2) is 6.10 Å². The number of rotatable bonds is 4. The van der Waals surface area contributed by atoms with Crippen molar-refractivity contribution in [3.63, 3.8) is 0 Å². The number of esters is 1. The van der Waals surface area contributed by atoms with Gasteiger partial charge in [-0.1, -0.05) is 48.5 Å². The molecule has 5 rings (SSSR count). The molecular weight excluding hydrogens is 390 g/mol. The van der Waals surface area contributed by atoms with Gasteiger partial charge in [0.1, 0.15) is 5.58 Å². The average molecular weight is 413 g/mol. The lowest BCUT2D eigenvalue weighted by Crippen LogP contribution is -2.42. The lowest BCUT2D eigenvalue weighted by Gasteiger charge is -2.31. The van der Waals surface area contributed by atoms with Crippen molar-refractivity contribution in [3.05, 3.63) is 78.1 Å². The summed E-state index contributed by atoms with van der Waals surface area (Å²) < 4.78 is 11.2. The Morgan fingerprint density at radius 2 is 1.87 bits per heavy atom. The molecule has 1 aliphatic heterocycles. The molecule has 0 radical (unpaired) electrons. The van der Waals surface area contributed by atoms with Gasteiger partial charge < -0.3 is 14.1 Å². The van der Waals surface area contributed by atoms with Crippen molar-refractivity contribution in [2.24, 2.45) is 0 Å². The van der Waals surface area contributed by atoms with Gasteiger partial charge in [-0.25, -0.2) is 0 Å². The topological polar surface area (TPSA) is 59.8 Å². The van der Waals surface area contributed by atoms with Crippen LogP contribution in [-0.4, -0.2) is 24.5 Å². The molecule has 3 aromatic carbocycles. The molecular formula is C26H23NO4. The fraction of sp³-hybridized carbons (Fsp3) is 0.231. The molecule has 5 nitrogen and oxygen atoms in total. The number of para-hydroxylation sites is 1. The molecule has 156 valence electrons. The quantitative estimate of drug-likeness (QED) is 0.440. The maximum absolute atomic E-state index is 13.0. The second-order valence-corrected chi connectivity index (χ2v) is 7.95. The monoisotopic (exact) mass is 413 g/mol. The van der Waals surface area contributed by atoms with E-state index in [-0.39, 0.29) is 12.3 Å². The molecule has 1 atom stereocenters. The number of amides is 1. The van der Waals surface area contributed by atoms with Gasteiger partial charge >= 0.3 is 5.97 Å². The van der Waals surface area contributed by atoms with E-state index in [4.69, 9.17) is 9.15 Å². The van der Waals surface area contributed by atoms with Crippen molar-refractivity contribution in [2.75, 3.05) is 11.4 Å². The largest absolute Gasteiger partial charge is 0.464 e. The van der Waals surface area contributed by atoms with Gasteiger partial charge in [0.25, 0.3) is 5.91 Å². The summed E-state index contributed by atoms with van der Waals surface area (Å²) in [6.07, 6.45) is 2.65. The molecule has 0 fully saturated rings. The van der Waals surface area contributed by atoms with Crippen LogP contribution in [0.3, 0.4) is 0 Å². The van der Waals surface area contributed by atoms with E-state index in [0.717, 1.165) is 51.4 Å². The van der Waals surface area contributed by atoms with Crippen molar-refractivity contribution >= 4 is 39.3 Å². The van der Waals surface area contributed by atoms with Crippen LogP contribution in [0.1, 0.15) is 24.5 Å². The van der Waals surface area contributed by atoms with Gasteiger partial charge in [0.2, 0.25) is 0 Å². The van der Waals surface area contributed by atoms with Crippen LogP contribution in [0.5, 0.6) is 0 Å². The highest BCUT2D eigenvalue weighted by molar-refractivity contribution is 6.08. The molecule has 0 saturated carbocycles. The standard InChI is InChI=1S/C26H23NO4/c1-17(26(29)27-14-6-9-19-8-3-5-11-22(19)27)31-24(28)15-20-16-30-23-13-12-18-7-2-4-10-21(18)25(20)23/h2-5,7-8,10-13,16-17H,6,9,14-15H2,1H3/t17-/m0/s1. The number of ether oxygens (including phenoxy) is 1. The van der Waals surface area contributed by atoms with Crippen molar-refractivity contribution in [2.45, 2.75) is 32.3 Å². The van der Waals surface area contributed by atoms with Crippen molar-refractivity contribution < 1.29 is 18.7 Å². The minimum atomic E-state index is -0.853. The van der Waals surface area contributed by atoms with Crippen LogP contribution in [0.15, 0.2) is 71.3 Å². The molecule has 5 heteroatoms. The second-order valence-electron chi connectivity index (χ2n) is 7.95. The van der Waals surface area contributed by atoms with E-state index in [0.29, 0.717) is 6.54 Å². The van der Waals surface area contributed by atoms with Crippen LogP contribution in [-0.2, 0) is 27.2 Å². The van der Waals surface area contributed by atoms with Crippen LogP contribution in [0.2, 0.25) is 0 Å². The van der Waals surface area contributed by atoms with Crippen LogP contribution in [0, 0.1) is 0 Å². The van der Waals surface area contributed by atoms with Crippen molar-refractivity contribution in [1.29, 1.82) is 0 Å². The molecule has 1 amide bonds. The van der Waals surface area contributed by atoms with Crippen molar-refractivity contribution in [3.8, 4) is 0 Å². The fourth-order valence-electron chi connectivity index (χ4n) is 4.43. The van der Waals surface area contributed by atoms with Crippen LogP contribution in [0.4, 0.5) is 5.69 Å². The number of hydrogen-bond donors (Lipinski definition) is 0. The SMILES string of the molecule is C[C@H](OC(=O)Cc1coc2ccc3ccccc3c12)C(=O)N1CCCc2ccccc21. The Kier molecular flexibility index (Phi) is 4.94. The highest BCUT2D eigenvalue weighted by atomic mass is 16.5. The summed E-state index contributed by atoms with van der Waals surface area (Å²) in [7, 11) is 0. The van der Waals surface area contributed by atoms with E-state index in [1.165, 1.54) is 0 Å². The first-order valence-corrected chi connectivity index (χ1v) is 10.6. The number of carbonyl (C=O) groups is 2. The number of furan rings is 1. The average Bonchev–Trinajstić information content (AvgIpc) is 3.21. The van der Waals surface area contributed by atoms with Gasteiger partial charge in [0, 0.05) is 23.2 Å². The van der Waals surface area contributed by atoms with E-state index < -0.39 is 12.1 Å². The van der Waals surface area contributed by atoms with Crippen LogP contribution >= 0.6 is 0 Å². The first-order valence-electron chi connectivity index (χ1n) is 10.6. The smallest absolute Gasteiger partial charge is 0.311 e. The van der Waals surface area contributed by atoms with Crippen molar-refractivity contribution in [1.82, 2.24) is 0 Å². The van der Waals surface area contributed by atoms with E-state index in [2.05, 4.69) is 0 Å². The lowest BCUT2D eigenvalue weighted by atomic mass is 10.0. The Balaban J connectivity index is 1.33. The Bertz CT molecular complexity index is 1290. The molecule has 1 aliphatic rings. The number of benzene rings is 3. The van der Waals surface area contributed by atoms with Crippen LogP contribution < -0.4 is 4.90 Å². The number of hydrogen-bond acceptors (Lipinski definition) is 4.